The first-order valence-electron chi connectivity index (χ1n) is 11.8. The monoisotopic (exact) mass is 492 g/mol. The normalized spacial score (nSPS) is 18.4. The summed E-state index contributed by atoms with van der Waals surface area (Å²) >= 11 is 0. The molecule has 9 heteroatoms. The van der Waals surface area contributed by atoms with E-state index in [4.69, 9.17) is 24.9 Å². The first kappa shape index (κ1) is 24.0. The van der Waals surface area contributed by atoms with Gasteiger partial charge < -0.3 is 25.1 Å². The van der Waals surface area contributed by atoms with Gasteiger partial charge in [-0.3, -0.25) is 4.40 Å². The number of nitrogen functional groups attached to an aromatic ring is 1. The van der Waals surface area contributed by atoms with Gasteiger partial charge in [-0.25, -0.2) is 9.97 Å². The summed E-state index contributed by atoms with van der Waals surface area (Å²) < 4.78 is 33.2. The molecule has 2 aromatic carbocycles. The van der Waals surface area contributed by atoms with Crippen molar-refractivity contribution >= 4 is 11.3 Å². The maximum Gasteiger partial charge on any atom is 0.207 e. The summed E-state index contributed by atoms with van der Waals surface area (Å²) in [5, 5.41) is 10.3. The van der Waals surface area contributed by atoms with Crippen molar-refractivity contribution in [2.45, 2.75) is 44.3 Å². The highest BCUT2D eigenvalue weighted by atomic mass is 19.1. The third-order valence-electron chi connectivity index (χ3n) is 6.54. The summed E-state index contributed by atoms with van der Waals surface area (Å²) in [6, 6.07) is 12.0. The van der Waals surface area contributed by atoms with E-state index in [1.54, 1.807) is 44.3 Å². The molecule has 1 fully saturated rings. The van der Waals surface area contributed by atoms with Crippen LogP contribution in [0.4, 0.5) is 10.2 Å². The van der Waals surface area contributed by atoms with Crippen LogP contribution in [0, 0.1) is 5.82 Å². The topological polar surface area (TPSA) is 104 Å². The van der Waals surface area contributed by atoms with Gasteiger partial charge in [0.25, 0.3) is 0 Å². The fraction of sp³-hybridized carbons (Fsp3) is 0.333. The van der Waals surface area contributed by atoms with Gasteiger partial charge in [0.15, 0.2) is 11.5 Å². The Morgan fingerprint density at radius 2 is 1.89 bits per heavy atom. The third-order valence-corrected chi connectivity index (χ3v) is 6.54. The zero-order valence-corrected chi connectivity index (χ0v) is 20.4. The Kier molecular flexibility index (Phi) is 6.27. The summed E-state index contributed by atoms with van der Waals surface area (Å²) in [6.07, 6.45) is 4.84. The van der Waals surface area contributed by atoms with Crippen LogP contribution in [-0.2, 0) is 4.74 Å². The minimum Gasteiger partial charge on any atom is -0.494 e. The summed E-state index contributed by atoms with van der Waals surface area (Å²) in [7, 11) is 1.41. The summed E-state index contributed by atoms with van der Waals surface area (Å²) in [5.41, 5.74) is 7.61. The van der Waals surface area contributed by atoms with E-state index >= 15 is 0 Å². The van der Waals surface area contributed by atoms with Crippen molar-refractivity contribution < 1.29 is 23.7 Å². The van der Waals surface area contributed by atoms with E-state index in [1.165, 1.54) is 13.2 Å². The Bertz CT molecular complexity index is 1370. The Morgan fingerprint density at radius 3 is 2.56 bits per heavy atom. The maximum atomic E-state index is 14.5. The number of nitrogens with zero attached hydrogens (tertiary/aromatic N) is 3. The Labute approximate surface area is 208 Å². The molecule has 2 atom stereocenters. The molecule has 2 unspecified atom stereocenters. The molecular formula is C27H29FN4O4. The van der Waals surface area contributed by atoms with Crippen LogP contribution in [0.2, 0.25) is 0 Å². The van der Waals surface area contributed by atoms with Crippen molar-refractivity contribution in [2.24, 2.45) is 0 Å². The molecule has 0 amide bonds. The number of hydrogen-bond acceptors (Lipinski definition) is 7. The number of ether oxygens (including phenoxy) is 3. The average molecular weight is 493 g/mol. The molecule has 1 saturated heterocycles. The second-order valence-corrected chi connectivity index (χ2v) is 9.50. The van der Waals surface area contributed by atoms with Gasteiger partial charge in [0.1, 0.15) is 28.6 Å². The van der Waals surface area contributed by atoms with Crippen LogP contribution in [0.5, 0.6) is 17.2 Å². The number of halogens is 1. The fourth-order valence-corrected chi connectivity index (χ4v) is 4.62. The maximum absolute atomic E-state index is 14.5. The number of hydrogen-bond donors (Lipinski definition) is 2. The van der Waals surface area contributed by atoms with Crippen molar-refractivity contribution in [3.63, 3.8) is 0 Å². The van der Waals surface area contributed by atoms with E-state index in [0.717, 1.165) is 24.2 Å². The lowest BCUT2D eigenvalue weighted by molar-refractivity contribution is -0.113. The van der Waals surface area contributed by atoms with Gasteiger partial charge in [-0.1, -0.05) is 6.07 Å². The molecule has 4 aromatic rings. The molecule has 3 N–H and O–H groups in total. The number of benzene rings is 2. The second kappa shape index (κ2) is 9.40. The number of nitrogens with two attached hydrogens (primary N) is 1. The van der Waals surface area contributed by atoms with Crippen molar-refractivity contribution in [2.75, 3.05) is 19.5 Å². The molecule has 0 saturated carbocycles. The lowest BCUT2D eigenvalue weighted by atomic mass is 9.90. The molecule has 8 nitrogen and oxygen atoms in total. The van der Waals surface area contributed by atoms with Crippen LogP contribution in [-0.4, -0.2) is 44.9 Å². The number of imidazole rings is 1. The minimum atomic E-state index is -0.892. The zero-order chi connectivity index (χ0) is 25.4. The highest BCUT2D eigenvalue weighted by molar-refractivity contribution is 5.85. The molecule has 0 spiro atoms. The van der Waals surface area contributed by atoms with Crippen LogP contribution in [0.3, 0.4) is 0 Å². The van der Waals surface area contributed by atoms with E-state index in [1.807, 2.05) is 22.7 Å². The first-order valence-corrected chi connectivity index (χ1v) is 11.8. The smallest absolute Gasteiger partial charge is 0.207 e. The second-order valence-electron chi connectivity index (χ2n) is 9.50. The summed E-state index contributed by atoms with van der Waals surface area (Å²) in [6.45, 7) is 3.99. The predicted molar refractivity (Wildman–Crippen MR) is 134 cm³/mol. The number of aliphatic hydroxyl groups is 1. The van der Waals surface area contributed by atoms with Crippen molar-refractivity contribution in [3.05, 3.63) is 66.5 Å². The largest absolute Gasteiger partial charge is 0.494 e. The molecule has 5 rings (SSSR count). The predicted octanol–water partition coefficient (Wildman–Crippen LogP) is 4.95. The van der Waals surface area contributed by atoms with Gasteiger partial charge in [-0.2, -0.15) is 4.39 Å². The SMILES string of the molecule is COc1cccc(Oc2ccc(-c3nc(C4CCC(C(C)(C)O)OC4)n4ccnc(N)c34)cc2)c1F. The number of fused-ring (bicyclic) bond motifs is 1. The van der Waals surface area contributed by atoms with Crippen LogP contribution in [0.15, 0.2) is 54.9 Å². The molecule has 0 aliphatic carbocycles. The molecule has 36 heavy (non-hydrogen) atoms. The van der Waals surface area contributed by atoms with Gasteiger partial charge in [-0.05, 0) is 63.1 Å². The molecule has 1 aliphatic heterocycles. The number of rotatable bonds is 6. The molecule has 0 bridgehead atoms. The highest BCUT2D eigenvalue weighted by Gasteiger charge is 2.34. The lowest BCUT2D eigenvalue weighted by Crippen LogP contribution is -2.42. The lowest BCUT2D eigenvalue weighted by Gasteiger charge is -2.35. The van der Waals surface area contributed by atoms with Gasteiger partial charge in [0.05, 0.1) is 25.4 Å². The molecule has 3 heterocycles. The molecule has 0 radical (unpaired) electrons. The van der Waals surface area contributed by atoms with Gasteiger partial charge in [-0.15, -0.1) is 0 Å². The van der Waals surface area contributed by atoms with Crippen LogP contribution < -0.4 is 15.2 Å². The van der Waals surface area contributed by atoms with Crippen LogP contribution in [0.1, 0.15) is 38.4 Å². The fourth-order valence-electron chi connectivity index (χ4n) is 4.62. The Hall–Kier alpha value is -3.69. The number of anilines is 1. The van der Waals surface area contributed by atoms with E-state index in [0.29, 0.717) is 29.4 Å². The molecule has 1 aliphatic rings. The van der Waals surface area contributed by atoms with Crippen LogP contribution in [0.25, 0.3) is 16.8 Å². The third kappa shape index (κ3) is 4.47. The quantitative estimate of drug-likeness (QED) is 0.392. The zero-order valence-electron chi connectivity index (χ0n) is 20.4. The summed E-state index contributed by atoms with van der Waals surface area (Å²) in [5.74, 6) is 1.35. The van der Waals surface area contributed by atoms with Gasteiger partial charge in [0, 0.05) is 23.9 Å². The van der Waals surface area contributed by atoms with Gasteiger partial charge >= 0.3 is 0 Å². The Balaban J connectivity index is 1.44. The van der Waals surface area contributed by atoms with Gasteiger partial charge in [0.2, 0.25) is 5.82 Å². The van der Waals surface area contributed by atoms with Crippen molar-refractivity contribution in [1.82, 2.24) is 14.4 Å². The van der Waals surface area contributed by atoms with Crippen molar-refractivity contribution in [3.8, 4) is 28.5 Å². The van der Waals surface area contributed by atoms with Crippen molar-refractivity contribution in [1.29, 1.82) is 0 Å². The Morgan fingerprint density at radius 1 is 1.14 bits per heavy atom. The molecule has 188 valence electrons. The first-order chi connectivity index (χ1) is 17.3. The number of aromatic nitrogens is 3. The van der Waals surface area contributed by atoms with Crippen LogP contribution >= 0.6 is 0 Å². The highest BCUT2D eigenvalue weighted by Crippen LogP contribution is 2.37. The standard InChI is InChI=1S/C27H29FN4O4/c1-27(2,33)21-12-9-17(15-35-21)26-31-23(24-25(29)30-13-14-32(24)26)16-7-10-18(11-8-16)36-20-6-4-5-19(34-3)22(20)28/h4-8,10-11,13-14,17,21,33H,9,12,15H2,1-3H3,(H2,29,30). The molecular weight excluding hydrogens is 463 g/mol. The van der Waals surface area contributed by atoms with E-state index in [9.17, 15) is 9.50 Å². The molecule has 2 aromatic heterocycles. The number of methoxy groups -OCH3 is 1. The average Bonchev–Trinajstić information content (AvgIpc) is 3.26. The van der Waals surface area contributed by atoms with E-state index in [-0.39, 0.29) is 23.5 Å². The van der Waals surface area contributed by atoms with E-state index < -0.39 is 11.4 Å². The summed E-state index contributed by atoms with van der Waals surface area (Å²) in [4.78, 5) is 9.23. The minimum absolute atomic E-state index is 0.0466. The van der Waals surface area contributed by atoms with E-state index in [2.05, 4.69) is 4.98 Å².